The van der Waals surface area contributed by atoms with Crippen LogP contribution in [-0.2, 0) is 4.79 Å². The molecule has 0 saturated carbocycles. The molecule has 0 bridgehead atoms. The zero-order chi connectivity index (χ0) is 12.5. The molecule has 1 aliphatic rings. The second-order valence-corrected chi connectivity index (χ2v) is 4.89. The average molecular weight is 235 g/mol. The van der Waals surface area contributed by atoms with Crippen LogP contribution in [0.3, 0.4) is 0 Å². The molecule has 2 unspecified atom stereocenters. The molecular weight excluding hydrogens is 218 g/mol. The number of aromatic nitrogens is 2. The van der Waals surface area contributed by atoms with Crippen LogP contribution in [0.1, 0.15) is 32.0 Å². The van der Waals surface area contributed by atoms with E-state index in [2.05, 4.69) is 14.9 Å². The van der Waals surface area contributed by atoms with E-state index >= 15 is 0 Å². The summed E-state index contributed by atoms with van der Waals surface area (Å²) in [5.41, 5.74) is 0.262. The number of hydrogen-bond donors (Lipinski definition) is 1. The normalized spacial score (nSPS) is 26.9. The van der Waals surface area contributed by atoms with Crippen molar-refractivity contribution in [1.82, 2.24) is 14.9 Å². The van der Waals surface area contributed by atoms with Crippen molar-refractivity contribution in [3.05, 3.63) is 24.3 Å². The van der Waals surface area contributed by atoms with E-state index in [0.29, 0.717) is 13.0 Å². The van der Waals surface area contributed by atoms with E-state index in [4.69, 9.17) is 0 Å². The highest BCUT2D eigenvalue weighted by Crippen LogP contribution is 2.34. The van der Waals surface area contributed by atoms with Crippen LogP contribution in [0.4, 0.5) is 0 Å². The fraction of sp³-hybridized carbons (Fsp3) is 0.583. The van der Waals surface area contributed by atoms with Crippen LogP contribution in [-0.4, -0.2) is 39.0 Å². The van der Waals surface area contributed by atoms with Gasteiger partial charge in [-0.3, -0.25) is 19.7 Å². The zero-order valence-corrected chi connectivity index (χ0v) is 10.1. The third kappa shape index (κ3) is 2.29. The summed E-state index contributed by atoms with van der Waals surface area (Å²) in [4.78, 5) is 21.6. The lowest BCUT2D eigenvalue weighted by molar-refractivity contribution is -0.147. The van der Waals surface area contributed by atoms with Crippen LogP contribution in [0, 0.1) is 5.41 Å². The van der Waals surface area contributed by atoms with E-state index in [1.807, 2.05) is 6.92 Å². The highest BCUT2D eigenvalue weighted by molar-refractivity contribution is 5.74. The summed E-state index contributed by atoms with van der Waals surface area (Å²) in [5, 5.41) is 9.19. The van der Waals surface area contributed by atoms with Gasteiger partial charge in [0.25, 0.3) is 0 Å². The summed E-state index contributed by atoms with van der Waals surface area (Å²) in [7, 11) is 0. The summed E-state index contributed by atoms with van der Waals surface area (Å²) in [6.07, 6.45) is 5.73. The Morgan fingerprint density at radius 1 is 1.59 bits per heavy atom. The van der Waals surface area contributed by atoms with E-state index in [-0.39, 0.29) is 6.04 Å². The quantitative estimate of drug-likeness (QED) is 0.856. The van der Waals surface area contributed by atoms with Crippen molar-refractivity contribution in [1.29, 1.82) is 0 Å². The van der Waals surface area contributed by atoms with Gasteiger partial charge in [-0.25, -0.2) is 0 Å². The first-order valence-electron chi connectivity index (χ1n) is 5.76. The molecule has 0 aliphatic carbocycles. The first-order chi connectivity index (χ1) is 8.03. The zero-order valence-electron chi connectivity index (χ0n) is 10.1. The standard InChI is InChI=1S/C12H17N3O2/c1-9(10-7-13-4-5-14-10)15-6-3-12(2,8-15)11(16)17/h4-5,7,9H,3,6,8H2,1-2H3,(H,16,17). The Morgan fingerprint density at radius 2 is 2.35 bits per heavy atom. The molecule has 17 heavy (non-hydrogen) atoms. The van der Waals surface area contributed by atoms with E-state index in [9.17, 15) is 9.90 Å². The van der Waals surface area contributed by atoms with Crippen LogP contribution in [0.25, 0.3) is 0 Å². The summed E-state index contributed by atoms with van der Waals surface area (Å²) >= 11 is 0. The minimum atomic E-state index is -0.716. The van der Waals surface area contributed by atoms with Gasteiger partial charge in [0.15, 0.2) is 0 Å². The summed E-state index contributed by atoms with van der Waals surface area (Å²) in [6, 6.07) is 0.116. The number of rotatable bonds is 3. The topological polar surface area (TPSA) is 66.3 Å². The lowest BCUT2D eigenvalue weighted by Crippen LogP contribution is -2.33. The number of nitrogens with zero attached hydrogens (tertiary/aromatic N) is 3. The maximum absolute atomic E-state index is 11.2. The van der Waals surface area contributed by atoms with E-state index in [1.54, 1.807) is 25.5 Å². The van der Waals surface area contributed by atoms with Gasteiger partial charge in [-0.05, 0) is 26.8 Å². The van der Waals surface area contributed by atoms with Crippen LogP contribution >= 0.6 is 0 Å². The third-order valence-electron chi connectivity index (χ3n) is 3.58. The molecule has 1 aromatic heterocycles. The highest BCUT2D eigenvalue weighted by Gasteiger charge is 2.42. The average Bonchev–Trinajstić information content (AvgIpc) is 2.74. The Labute approximate surface area is 100 Å². The smallest absolute Gasteiger partial charge is 0.310 e. The first kappa shape index (κ1) is 12.0. The molecule has 0 radical (unpaired) electrons. The van der Waals surface area contributed by atoms with Gasteiger partial charge in [0, 0.05) is 25.1 Å². The van der Waals surface area contributed by atoms with Gasteiger partial charge in [-0.1, -0.05) is 0 Å². The Hall–Kier alpha value is -1.49. The van der Waals surface area contributed by atoms with E-state index in [1.165, 1.54) is 0 Å². The minimum Gasteiger partial charge on any atom is -0.481 e. The molecule has 2 heterocycles. The van der Waals surface area contributed by atoms with Crippen molar-refractivity contribution in [2.24, 2.45) is 5.41 Å². The Kier molecular flexibility index (Phi) is 3.11. The second kappa shape index (κ2) is 4.41. The van der Waals surface area contributed by atoms with Crippen molar-refractivity contribution in [3.63, 3.8) is 0 Å². The lowest BCUT2D eigenvalue weighted by atomic mass is 9.90. The fourth-order valence-corrected chi connectivity index (χ4v) is 2.22. The van der Waals surface area contributed by atoms with Gasteiger partial charge in [-0.15, -0.1) is 0 Å². The fourth-order valence-electron chi connectivity index (χ4n) is 2.22. The second-order valence-electron chi connectivity index (χ2n) is 4.89. The van der Waals surface area contributed by atoms with Crippen LogP contribution in [0.5, 0.6) is 0 Å². The van der Waals surface area contributed by atoms with Crippen LogP contribution in [0.15, 0.2) is 18.6 Å². The van der Waals surface area contributed by atoms with Gasteiger partial charge in [0.05, 0.1) is 17.2 Å². The molecule has 5 nitrogen and oxygen atoms in total. The number of aliphatic carboxylic acids is 1. The predicted octanol–water partition coefficient (Wildman–Crippen LogP) is 1.33. The molecule has 1 N–H and O–H groups in total. The molecule has 2 rings (SSSR count). The van der Waals surface area contributed by atoms with E-state index < -0.39 is 11.4 Å². The number of carbonyl (C=O) groups is 1. The van der Waals surface area contributed by atoms with Crippen LogP contribution < -0.4 is 0 Å². The molecule has 0 amide bonds. The maximum Gasteiger partial charge on any atom is 0.310 e. The molecule has 0 spiro atoms. The molecular formula is C12H17N3O2. The molecule has 5 heteroatoms. The third-order valence-corrected chi connectivity index (χ3v) is 3.58. The van der Waals surface area contributed by atoms with Gasteiger partial charge in [0.2, 0.25) is 0 Å². The molecule has 1 aromatic rings. The molecule has 1 fully saturated rings. The largest absolute Gasteiger partial charge is 0.481 e. The SMILES string of the molecule is CC(c1cnccn1)N1CCC(C)(C(=O)O)C1. The Morgan fingerprint density at radius 3 is 2.88 bits per heavy atom. The number of likely N-dealkylation sites (tertiary alicyclic amines) is 1. The van der Waals surface area contributed by atoms with Gasteiger partial charge < -0.3 is 5.11 Å². The first-order valence-corrected chi connectivity index (χ1v) is 5.76. The summed E-state index contributed by atoms with van der Waals surface area (Å²) in [5.74, 6) is -0.716. The predicted molar refractivity (Wildman–Crippen MR) is 62.4 cm³/mol. The molecule has 92 valence electrons. The molecule has 2 atom stereocenters. The summed E-state index contributed by atoms with van der Waals surface area (Å²) < 4.78 is 0. The maximum atomic E-state index is 11.2. The monoisotopic (exact) mass is 235 g/mol. The molecule has 1 saturated heterocycles. The van der Waals surface area contributed by atoms with Crippen molar-refractivity contribution in [2.45, 2.75) is 26.3 Å². The van der Waals surface area contributed by atoms with Crippen molar-refractivity contribution in [3.8, 4) is 0 Å². The number of hydrogen-bond acceptors (Lipinski definition) is 4. The number of carboxylic acid groups (broad SMARTS) is 1. The highest BCUT2D eigenvalue weighted by atomic mass is 16.4. The van der Waals surface area contributed by atoms with Crippen LogP contribution in [0.2, 0.25) is 0 Å². The van der Waals surface area contributed by atoms with Gasteiger partial charge in [0.1, 0.15) is 0 Å². The van der Waals surface area contributed by atoms with Crippen molar-refractivity contribution < 1.29 is 9.90 Å². The Bertz CT molecular complexity index is 409. The van der Waals surface area contributed by atoms with Crippen molar-refractivity contribution >= 4 is 5.97 Å². The van der Waals surface area contributed by atoms with Gasteiger partial charge in [-0.2, -0.15) is 0 Å². The van der Waals surface area contributed by atoms with Crippen molar-refractivity contribution in [2.75, 3.05) is 13.1 Å². The van der Waals surface area contributed by atoms with Gasteiger partial charge >= 0.3 is 5.97 Å². The number of carboxylic acids is 1. The molecule has 1 aliphatic heterocycles. The lowest BCUT2D eigenvalue weighted by Gasteiger charge is -2.25. The Balaban J connectivity index is 2.09. The van der Waals surface area contributed by atoms with E-state index in [0.717, 1.165) is 12.2 Å². The minimum absolute atomic E-state index is 0.116. The molecule has 0 aromatic carbocycles. The summed E-state index contributed by atoms with van der Waals surface area (Å²) in [6.45, 7) is 5.21.